The number of hydrogen-bond acceptors (Lipinski definition) is 3. The number of H-pyrrole nitrogens is 1. The molecule has 0 aliphatic rings. The Morgan fingerprint density at radius 1 is 0.680 bits per heavy atom. The molecule has 4 heteroatoms. The summed E-state index contributed by atoms with van der Waals surface area (Å²) in [6.07, 6.45) is 0. The zero-order valence-electron chi connectivity index (χ0n) is 13.5. The molecule has 0 atom stereocenters. The highest BCUT2D eigenvalue weighted by molar-refractivity contribution is 6.24. The van der Waals surface area contributed by atoms with E-state index in [1.54, 1.807) is 0 Å². The van der Waals surface area contributed by atoms with E-state index in [1.807, 2.05) is 54.6 Å². The van der Waals surface area contributed by atoms with Crippen LogP contribution >= 0.6 is 0 Å². The number of nitrogens with one attached hydrogen (secondary N) is 1. The van der Waals surface area contributed by atoms with E-state index in [1.165, 1.54) is 0 Å². The number of aromatic nitrogens is 2. The number of aromatic amines is 1. The molecule has 5 rings (SSSR count). The van der Waals surface area contributed by atoms with Crippen molar-refractivity contribution >= 4 is 44.0 Å². The molecule has 0 saturated heterocycles. The normalized spacial score (nSPS) is 11.5. The van der Waals surface area contributed by atoms with Gasteiger partial charge >= 0.3 is 0 Å². The van der Waals surface area contributed by atoms with Gasteiger partial charge in [0, 0.05) is 27.7 Å². The second-order valence-corrected chi connectivity index (χ2v) is 6.29. The predicted octanol–water partition coefficient (Wildman–Crippen LogP) is 4.70. The highest BCUT2D eigenvalue weighted by Crippen LogP contribution is 2.36. The van der Waals surface area contributed by atoms with Gasteiger partial charge in [-0.2, -0.15) is 0 Å². The Morgan fingerprint density at radius 3 is 2.04 bits per heavy atom. The third kappa shape index (κ3) is 2.04. The number of benzene rings is 4. The first kappa shape index (κ1) is 13.9. The third-order valence-electron chi connectivity index (χ3n) is 4.65. The van der Waals surface area contributed by atoms with Crippen LogP contribution in [0.5, 0.6) is 0 Å². The van der Waals surface area contributed by atoms with Gasteiger partial charge in [-0.3, -0.25) is 0 Å². The number of nitrogens with two attached hydrogens (primary N) is 2. The number of imidazole rings is 1. The average molecular weight is 324 g/mol. The van der Waals surface area contributed by atoms with Gasteiger partial charge in [0.25, 0.3) is 0 Å². The topological polar surface area (TPSA) is 80.7 Å². The molecule has 4 aromatic carbocycles. The van der Waals surface area contributed by atoms with Gasteiger partial charge in [0.1, 0.15) is 5.82 Å². The van der Waals surface area contributed by atoms with Gasteiger partial charge in [-0.1, -0.05) is 42.5 Å². The van der Waals surface area contributed by atoms with Crippen LogP contribution in [0.1, 0.15) is 0 Å². The molecule has 4 nitrogen and oxygen atoms in total. The molecule has 25 heavy (non-hydrogen) atoms. The van der Waals surface area contributed by atoms with Crippen LogP contribution in [0, 0.1) is 0 Å². The molecule has 5 N–H and O–H groups in total. The summed E-state index contributed by atoms with van der Waals surface area (Å²) in [5, 5.41) is 4.38. The predicted molar refractivity (Wildman–Crippen MR) is 105 cm³/mol. The second kappa shape index (κ2) is 4.98. The van der Waals surface area contributed by atoms with Crippen molar-refractivity contribution in [3.8, 4) is 11.4 Å². The maximum atomic E-state index is 6.05. The molecule has 120 valence electrons. The van der Waals surface area contributed by atoms with E-state index < -0.39 is 0 Å². The monoisotopic (exact) mass is 324 g/mol. The number of nitrogen functional groups attached to an aromatic ring is 2. The number of fused-ring (bicyclic) bond motifs is 6. The Kier molecular flexibility index (Phi) is 2.76. The number of nitrogens with zero attached hydrogens (tertiary/aromatic N) is 1. The Labute approximate surface area is 144 Å². The fraction of sp³-hybridized carbons (Fsp3) is 0. The van der Waals surface area contributed by atoms with E-state index >= 15 is 0 Å². The van der Waals surface area contributed by atoms with Crippen LogP contribution in [-0.4, -0.2) is 9.97 Å². The van der Waals surface area contributed by atoms with E-state index in [9.17, 15) is 0 Å². The molecule has 0 saturated carbocycles. The Balaban J connectivity index is 1.99. The largest absolute Gasteiger partial charge is 0.399 e. The molecule has 0 radical (unpaired) electrons. The summed E-state index contributed by atoms with van der Waals surface area (Å²) < 4.78 is 0. The van der Waals surface area contributed by atoms with Crippen LogP contribution in [-0.2, 0) is 0 Å². The highest BCUT2D eigenvalue weighted by atomic mass is 14.9. The summed E-state index contributed by atoms with van der Waals surface area (Å²) in [5.74, 6) is 0.842. The molecule has 1 heterocycles. The maximum absolute atomic E-state index is 6.05. The molecular weight excluding hydrogens is 308 g/mol. The smallest absolute Gasteiger partial charge is 0.138 e. The lowest BCUT2D eigenvalue weighted by molar-refractivity contribution is 1.34. The fourth-order valence-corrected chi connectivity index (χ4v) is 3.49. The maximum Gasteiger partial charge on any atom is 0.138 e. The van der Waals surface area contributed by atoms with E-state index in [-0.39, 0.29) is 0 Å². The zero-order chi connectivity index (χ0) is 17.0. The fourth-order valence-electron chi connectivity index (χ4n) is 3.49. The zero-order valence-corrected chi connectivity index (χ0v) is 13.5. The molecule has 0 spiro atoms. The van der Waals surface area contributed by atoms with Gasteiger partial charge in [0.2, 0.25) is 0 Å². The first-order valence-corrected chi connectivity index (χ1v) is 8.16. The lowest BCUT2D eigenvalue weighted by atomic mass is 9.99. The van der Waals surface area contributed by atoms with Crippen molar-refractivity contribution in [2.24, 2.45) is 0 Å². The van der Waals surface area contributed by atoms with Crippen molar-refractivity contribution in [1.29, 1.82) is 0 Å². The molecule has 0 bridgehead atoms. The van der Waals surface area contributed by atoms with Crippen LogP contribution in [0.25, 0.3) is 44.0 Å². The third-order valence-corrected chi connectivity index (χ3v) is 4.65. The Morgan fingerprint density at radius 2 is 1.32 bits per heavy atom. The summed E-state index contributed by atoms with van der Waals surface area (Å²) in [7, 11) is 0. The molecule has 0 fully saturated rings. The van der Waals surface area contributed by atoms with Crippen molar-refractivity contribution < 1.29 is 0 Å². The lowest BCUT2D eigenvalue weighted by Gasteiger charge is -2.07. The van der Waals surface area contributed by atoms with E-state index in [2.05, 4.69) is 17.1 Å². The second-order valence-electron chi connectivity index (χ2n) is 6.29. The van der Waals surface area contributed by atoms with Crippen LogP contribution in [0.3, 0.4) is 0 Å². The SMILES string of the molecule is Nc1ccc2c3ccc(N)cc3c3[nH]c(-c4ccccc4)nc3c2c1. The molecule has 5 aromatic rings. The van der Waals surface area contributed by atoms with Crippen LogP contribution in [0.2, 0.25) is 0 Å². The van der Waals surface area contributed by atoms with Crippen LogP contribution in [0.4, 0.5) is 11.4 Å². The standard InChI is InChI=1S/C21H16N4/c22-13-6-8-15-16-9-7-14(23)11-18(16)20-19(17(15)10-13)24-21(25-20)12-4-2-1-3-5-12/h1-11H,22-23H2,(H,24,25). The van der Waals surface area contributed by atoms with Crippen molar-refractivity contribution in [3.63, 3.8) is 0 Å². The Bertz CT molecular complexity index is 1170. The van der Waals surface area contributed by atoms with Crippen molar-refractivity contribution in [1.82, 2.24) is 9.97 Å². The van der Waals surface area contributed by atoms with Gasteiger partial charge < -0.3 is 16.5 Å². The van der Waals surface area contributed by atoms with Crippen LogP contribution in [0.15, 0.2) is 66.7 Å². The van der Waals surface area contributed by atoms with Gasteiger partial charge in [-0.15, -0.1) is 0 Å². The number of rotatable bonds is 1. The van der Waals surface area contributed by atoms with Gasteiger partial charge in [0.15, 0.2) is 0 Å². The average Bonchev–Trinajstić information content (AvgIpc) is 3.08. The quantitative estimate of drug-likeness (QED) is 0.309. The molecule has 1 aromatic heterocycles. The van der Waals surface area contributed by atoms with E-state index in [0.717, 1.165) is 55.3 Å². The summed E-state index contributed by atoms with van der Waals surface area (Å²) in [4.78, 5) is 8.37. The summed E-state index contributed by atoms with van der Waals surface area (Å²) in [5.41, 5.74) is 16.5. The summed E-state index contributed by atoms with van der Waals surface area (Å²) >= 11 is 0. The lowest BCUT2D eigenvalue weighted by Crippen LogP contribution is -1.89. The molecular formula is C21H16N4. The number of anilines is 2. The van der Waals surface area contributed by atoms with Crippen molar-refractivity contribution in [3.05, 3.63) is 66.7 Å². The molecule has 0 aliphatic heterocycles. The van der Waals surface area contributed by atoms with Gasteiger partial charge in [-0.05, 0) is 35.0 Å². The number of hydrogen-bond donors (Lipinski definition) is 3. The van der Waals surface area contributed by atoms with Gasteiger partial charge in [0.05, 0.1) is 11.0 Å². The first-order valence-electron chi connectivity index (χ1n) is 8.16. The van der Waals surface area contributed by atoms with Crippen molar-refractivity contribution in [2.75, 3.05) is 11.5 Å². The van der Waals surface area contributed by atoms with Gasteiger partial charge in [-0.25, -0.2) is 4.98 Å². The van der Waals surface area contributed by atoms with Crippen LogP contribution < -0.4 is 11.5 Å². The van der Waals surface area contributed by atoms with E-state index in [0.29, 0.717) is 0 Å². The summed E-state index contributed by atoms with van der Waals surface area (Å²) in [6.45, 7) is 0. The molecule has 0 aliphatic carbocycles. The summed E-state index contributed by atoms with van der Waals surface area (Å²) in [6, 6.07) is 22.1. The van der Waals surface area contributed by atoms with E-state index in [4.69, 9.17) is 16.5 Å². The Hall–Kier alpha value is -3.53. The molecule has 0 amide bonds. The first-order chi connectivity index (χ1) is 12.2. The minimum Gasteiger partial charge on any atom is -0.399 e. The minimum absolute atomic E-state index is 0.729. The minimum atomic E-state index is 0.729. The molecule has 0 unspecified atom stereocenters. The highest BCUT2D eigenvalue weighted by Gasteiger charge is 2.14. The van der Waals surface area contributed by atoms with Crippen molar-refractivity contribution in [2.45, 2.75) is 0 Å².